The lowest BCUT2D eigenvalue weighted by atomic mass is 10.1. The normalized spacial score (nSPS) is 12.4. The van der Waals surface area contributed by atoms with Gasteiger partial charge in [-0.1, -0.05) is 17.7 Å². The molecule has 21 heavy (non-hydrogen) atoms. The quantitative estimate of drug-likeness (QED) is 0.583. The average molecular weight is 336 g/mol. The summed E-state index contributed by atoms with van der Waals surface area (Å²) in [5.74, 6) is 0. The van der Waals surface area contributed by atoms with Crippen molar-refractivity contribution in [2.24, 2.45) is 0 Å². The van der Waals surface area contributed by atoms with Gasteiger partial charge in [0.25, 0.3) is 5.69 Å². The van der Waals surface area contributed by atoms with E-state index in [9.17, 15) is 18.5 Å². The molecule has 1 aromatic carbocycles. The summed E-state index contributed by atoms with van der Waals surface area (Å²) in [7, 11) is -3.30. The third-order valence-corrected chi connectivity index (χ3v) is 3.81. The Labute approximate surface area is 128 Å². The zero-order valence-electron chi connectivity index (χ0n) is 12.0. The Balaban J connectivity index is 2.64. The molecule has 0 aromatic heterocycles. The van der Waals surface area contributed by atoms with Gasteiger partial charge in [0.15, 0.2) is 0 Å². The molecule has 0 bridgehead atoms. The topological polar surface area (TPSA) is 101 Å². The van der Waals surface area contributed by atoms with E-state index in [2.05, 4.69) is 10.0 Å². The Morgan fingerprint density at radius 2 is 2.00 bits per heavy atom. The van der Waals surface area contributed by atoms with Crippen molar-refractivity contribution in [2.75, 3.05) is 12.8 Å². The number of hydrogen-bond acceptors (Lipinski definition) is 5. The Bertz CT molecular complexity index is 631. The minimum absolute atomic E-state index is 0.0859. The Kier molecular flexibility index (Phi) is 5.68. The van der Waals surface area contributed by atoms with E-state index in [4.69, 9.17) is 11.6 Å². The summed E-state index contributed by atoms with van der Waals surface area (Å²) in [5, 5.41) is 13.9. The standard InChI is InChI=1S/C12H18ClN3O4S/c1-12(2,15-21(3,19)20)8-14-7-9-4-5-10(13)11(6-9)16(17)18/h4-6,14-15H,7-8H2,1-3H3. The Hall–Kier alpha value is -1.22. The molecule has 0 radical (unpaired) electrons. The highest BCUT2D eigenvalue weighted by Gasteiger charge is 2.21. The van der Waals surface area contributed by atoms with E-state index in [0.717, 1.165) is 6.26 Å². The molecule has 0 fully saturated rings. The molecule has 7 nitrogen and oxygen atoms in total. The van der Waals surface area contributed by atoms with Crippen LogP contribution in [-0.2, 0) is 16.6 Å². The smallest absolute Gasteiger partial charge is 0.288 e. The van der Waals surface area contributed by atoms with Crippen LogP contribution in [0.3, 0.4) is 0 Å². The molecule has 0 aliphatic rings. The third kappa shape index (κ3) is 6.38. The summed E-state index contributed by atoms with van der Waals surface area (Å²) in [6, 6.07) is 4.54. The third-order valence-electron chi connectivity index (χ3n) is 2.56. The van der Waals surface area contributed by atoms with Gasteiger partial charge in [0.2, 0.25) is 10.0 Å². The van der Waals surface area contributed by atoms with E-state index in [1.54, 1.807) is 19.9 Å². The van der Waals surface area contributed by atoms with Gasteiger partial charge in [0, 0.05) is 24.7 Å². The second-order valence-corrected chi connectivity index (χ2v) is 7.56. The molecule has 9 heteroatoms. The summed E-state index contributed by atoms with van der Waals surface area (Å²) < 4.78 is 24.9. The fraction of sp³-hybridized carbons (Fsp3) is 0.500. The molecule has 0 amide bonds. The van der Waals surface area contributed by atoms with Crippen molar-refractivity contribution in [3.63, 3.8) is 0 Å². The molecule has 1 aromatic rings. The summed E-state index contributed by atoms with van der Waals surface area (Å²) >= 11 is 5.73. The van der Waals surface area contributed by atoms with Crippen LogP contribution in [0.5, 0.6) is 0 Å². The number of hydrogen-bond donors (Lipinski definition) is 2. The Morgan fingerprint density at radius 3 is 2.52 bits per heavy atom. The molecular formula is C12H18ClN3O4S. The van der Waals surface area contributed by atoms with Crippen LogP contribution in [0.1, 0.15) is 19.4 Å². The molecule has 0 heterocycles. The van der Waals surface area contributed by atoms with Crippen molar-refractivity contribution in [1.82, 2.24) is 10.0 Å². The molecular weight excluding hydrogens is 318 g/mol. The van der Waals surface area contributed by atoms with Crippen LogP contribution in [0.25, 0.3) is 0 Å². The first-order chi connectivity index (χ1) is 9.50. The molecule has 0 atom stereocenters. The zero-order chi connectivity index (χ0) is 16.3. The minimum Gasteiger partial charge on any atom is -0.311 e. The highest BCUT2D eigenvalue weighted by Crippen LogP contribution is 2.24. The summed E-state index contributed by atoms with van der Waals surface area (Å²) in [4.78, 5) is 10.2. The number of nitro groups is 1. The first kappa shape index (κ1) is 17.8. The van der Waals surface area contributed by atoms with Gasteiger partial charge < -0.3 is 5.32 Å². The van der Waals surface area contributed by atoms with Gasteiger partial charge in [-0.2, -0.15) is 0 Å². The van der Waals surface area contributed by atoms with Gasteiger partial charge in [-0.15, -0.1) is 0 Å². The second kappa shape index (κ2) is 6.69. The first-order valence-electron chi connectivity index (χ1n) is 6.13. The molecule has 0 saturated carbocycles. The van der Waals surface area contributed by atoms with E-state index in [0.29, 0.717) is 18.7 Å². The van der Waals surface area contributed by atoms with Gasteiger partial charge in [-0.25, -0.2) is 13.1 Å². The highest BCUT2D eigenvalue weighted by atomic mass is 35.5. The lowest BCUT2D eigenvalue weighted by Crippen LogP contribution is -2.49. The van der Waals surface area contributed by atoms with Gasteiger partial charge in [0.05, 0.1) is 11.2 Å². The van der Waals surface area contributed by atoms with Crippen LogP contribution >= 0.6 is 11.6 Å². The number of sulfonamides is 1. The number of nitrogens with zero attached hydrogens (tertiary/aromatic N) is 1. The summed E-state index contributed by atoms with van der Waals surface area (Å²) in [6.07, 6.45) is 1.09. The summed E-state index contributed by atoms with van der Waals surface area (Å²) in [5.41, 5.74) is -0.114. The van der Waals surface area contributed by atoms with Gasteiger partial charge in [-0.05, 0) is 25.5 Å². The molecule has 118 valence electrons. The van der Waals surface area contributed by atoms with E-state index in [1.807, 2.05) is 0 Å². The van der Waals surface area contributed by atoms with Gasteiger partial charge in [0.1, 0.15) is 5.02 Å². The van der Waals surface area contributed by atoms with E-state index < -0.39 is 20.5 Å². The maximum atomic E-state index is 11.2. The first-order valence-corrected chi connectivity index (χ1v) is 8.40. The molecule has 2 N–H and O–H groups in total. The average Bonchev–Trinajstić information content (AvgIpc) is 2.27. The van der Waals surface area contributed by atoms with Crippen LogP contribution in [0.2, 0.25) is 5.02 Å². The second-order valence-electron chi connectivity index (χ2n) is 5.40. The maximum absolute atomic E-state index is 11.2. The van der Waals surface area contributed by atoms with Crippen molar-refractivity contribution in [1.29, 1.82) is 0 Å². The van der Waals surface area contributed by atoms with Crippen LogP contribution < -0.4 is 10.0 Å². The van der Waals surface area contributed by atoms with Crippen LogP contribution in [0, 0.1) is 10.1 Å². The van der Waals surface area contributed by atoms with Crippen molar-refractivity contribution in [3.8, 4) is 0 Å². The largest absolute Gasteiger partial charge is 0.311 e. The van der Waals surface area contributed by atoms with Crippen LogP contribution in [0.15, 0.2) is 18.2 Å². The molecule has 1 rings (SSSR count). The fourth-order valence-corrected chi connectivity index (χ4v) is 3.13. The number of nitrogens with one attached hydrogen (secondary N) is 2. The van der Waals surface area contributed by atoms with Gasteiger partial charge >= 0.3 is 0 Å². The lowest BCUT2D eigenvalue weighted by Gasteiger charge is -2.25. The van der Waals surface area contributed by atoms with Crippen LogP contribution in [0.4, 0.5) is 5.69 Å². The van der Waals surface area contributed by atoms with Crippen LogP contribution in [-0.4, -0.2) is 31.7 Å². The van der Waals surface area contributed by atoms with Gasteiger partial charge in [-0.3, -0.25) is 10.1 Å². The zero-order valence-corrected chi connectivity index (χ0v) is 13.6. The van der Waals surface area contributed by atoms with E-state index >= 15 is 0 Å². The predicted molar refractivity (Wildman–Crippen MR) is 81.9 cm³/mol. The maximum Gasteiger partial charge on any atom is 0.288 e. The predicted octanol–water partition coefficient (Wildman–Crippen LogP) is 1.67. The molecule has 0 aliphatic heterocycles. The molecule has 0 spiro atoms. The number of rotatable bonds is 7. The van der Waals surface area contributed by atoms with Crippen molar-refractivity contribution in [3.05, 3.63) is 38.9 Å². The molecule has 0 aliphatic carbocycles. The number of nitro benzene ring substituents is 1. The number of benzene rings is 1. The monoisotopic (exact) mass is 335 g/mol. The van der Waals surface area contributed by atoms with E-state index in [-0.39, 0.29) is 10.7 Å². The van der Waals surface area contributed by atoms with Crippen molar-refractivity contribution in [2.45, 2.75) is 25.9 Å². The fourth-order valence-electron chi connectivity index (χ4n) is 1.87. The number of halogens is 1. The summed E-state index contributed by atoms with van der Waals surface area (Å²) in [6.45, 7) is 4.22. The Morgan fingerprint density at radius 1 is 1.38 bits per heavy atom. The molecule has 0 unspecified atom stereocenters. The van der Waals surface area contributed by atoms with E-state index in [1.165, 1.54) is 12.1 Å². The van der Waals surface area contributed by atoms with Crippen molar-refractivity contribution < 1.29 is 13.3 Å². The molecule has 0 saturated heterocycles. The minimum atomic E-state index is -3.30. The lowest BCUT2D eigenvalue weighted by molar-refractivity contribution is -0.384. The highest BCUT2D eigenvalue weighted by molar-refractivity contribution is 7.88. The van der Waals surface area contributed by atoms with Crippen molar-refractivity contribution >= 4 is 27.3 Å². The SMILES string of the molecule is CC(C)(CNCc1ccc(Cl)c([N+](=O)[O-])c1)NS(C)(=O)=O.